The molecule has 15 heavy (non-hydrogen) atoms. The van der Waals surface area contributed by atoms with Crippen LogP contribution in [0.15, 0.2) is 23.1 Å². The molecule has 1 atom stereocenters. The molecule has 1 aromatic rings. The van der Waals surface area contributed by atoms with E-state index in [9.17, 15) is 4.79 Å². The largest absolute Gasteiger partial charge is 0.298 e. The second-order valence-electron chi connectivity index (χ2n) is 3.97. The minimum atomic E-state index is 0.750. The Morgan fingerprint density at radius 1 is 1.47 bits per heavy atom. The van der Waals surface area contributed by atoms with E-state index in [0.29, 0.717) is 0 Å². The van der Waals surface area contributed by atoms with Crippen LogP contribution < -0.4 is 0 Å². The van der Waals surface area contributed by atoms with Crippen LogP contribution in [0.5, 0.6) is 0 Å². The highest BCUT2D eigenvalue weighted by Crippen LogP contribution is 2.25. The molecule has 1 nitrogen and oxygen atoms in total. The number of aldehydes is 1. The minimum Gasteiger partial charge on any atom is -0.298 e. The monoisotopic (exact) mass is 222 g/mol. The van der Waals surface area contributed by atoms with Crippen LogP contribution in [0.3, 0.4) is 0 Å². The van der Waals surface area contributed by atoms with Gasteiger partial charge in [0.15, 0.2) is 0 Å². The van der Waals surface area contributed by atoms with Gasteiger partial charge in [0, 0.05) is 16.2 Å². The lowest BCUT2D eigenvalue weighted by molar-refractivity contribution is 0.112. The minimum absolute atomic E-state index is 0.750. The number of rotatable bonds is 5. The maximum atomic E-state index is 10.6. The Hall–Kier alpha value is -0.760. The van der Waals surface area contributed by atoms with Gasteiger partial charge in [-0.25, -0.2) is 0 Å². The van der Waals surface area contributed by atoms with E-state index >= 15 is 0 Å². The first-order chi connectivity index (χ1) is 7.17. The summed E-state index contributed by atoms with van der Waals surface area (Å²) in [5.74, 6) is 1.90. The van der Waals surface area contributed by atoms with Crippen molar-refractivity contribution in [2.75, 3.05) is 5.75 Å². The van der Waals surface area contributed by atoms with Crippen molar-refractivity contribution < 1.29 is 4.79 Å². The van der Waals surface area contributed by atoms with Crippen LogP contribution >= 0.6 is 11.8 Å². The fraction of sp³-hybridized carbons (Fsp3) is 0.462. The average molecular weight is 222 g/mol. The third-order valence-electron chi connectivity index (χ3n) is 2.56. The summed E-state index contributed by atoms with van der Waals surface area (Å²) in [7, 11) is 0. The van der Waals surface area contributed by atoms with E-state index in [1.807, 2.05) is 30.0 Å². The summed E-state index contributed by atoms with van der Waals surface area (Å²) in [6.07, 6.45) is 2.12. The topological polar surface area (TPSA) is 17.1 Å². The zero-order chi connectivity index (χ0) is 11.3. The highest BCUT2D eigenvalue weighted by Gasteiger charge is 2.03. The highest BCUT2D eigenvalue weighted by atomic mass is 32.2. The first-order valence-corrected chi connectivity index (χ1v) is 6.34. The van der Waals surface area contributed by atoms with Gasteiger partial charge in [0.05, 0.1) is 0 Å². The summed E-state index contributed by atoms with van der Waals surface area (Å²) >= 11 is 1.88. The molecule has 0 aromatic heterocycles. The molecular formula is C13H18OS. The van der Waals surface area contributed by atoms with Gasteiger partial charge < -0.3 is 0 Å². The van der Waals surface area contributed by atoms with E-state index < -0.39 is 0 Å². The second kappa shape index (κ2) is 5.96. The van der Waals surface area contributed by atoms with Crippen LogP contribution in [0.2, 0.25) is 0 Å². The molecule has 0 aliphatic heterocycles. The van der Waals surface area contributed by atoms with Crippen LogP contribution in [0.4, 0.5) is 0 Å². The molecule has 0 saturated carbocycles. The second-order valence-corrected chi connectivity index (χ2v) is 5.03. The Morgan fingerprint density at radius 3 is 2.73 bits per heavy atom. The number of carbonyl (C=O) groups excluding carboxylic acids is 1. The third kappa shape index (κ3) is 3.71. The number of thioether (sulfide) groups is 1. The van der Waals surface area contributed by atoms with Crippen LogP contribution in [-0.2, 0) is 0 Å². The van der Waals surface area contributed by atoms with Crippen molar-refractivity contribution in [3.05, 3.63) is 29.3 Å². The molecule has 1 rings (SSSR count). The van der Waals surface area contributed by atoms with Crippen molar-refractivity contribution in [1.29, 1.82) is 0 Å². The van der Waals surface area contributed by atoms with E-state index in [0.717, 1.165) is 23.5 Å². The third-order valence-corrected chi connectivity index (χ3v) is 4.06. The normalized spacial score (nSPS) is 12.5. The maximum absolute atomic E-state index is 10.6. The number of aryl methyl sites for hydroxylation is 1. The smallest absolute Gasteiger partial charge is 0.150 e. The number of hydrogen-bond acceptors (Lipinski definition) is 2. The standard InChI is InChI=1S/C13H18OS/c1-4-10(2)9-15-13-6-5-12(8-14)7-11(13)3/h5-8,10H,4,9H2,1-3H3. The number of carbonyl (C=O) groups is 1. The molecule has 0 spiro atoms. The predicted octanol–water partition coefficient (Wildman–Crippen LogP) is 3.95. The first kappa shape index (κ1) is 12.3. The molecule has 0 heterocycles. The summed E-state index contributed by atoms with van der Waals surface area (Å²) in [4.78, 5) is 11.9. The average Bonchev–Trinajstić information content (AvgIpc) is 2.26. The van der Waals surface area contributed by atoms with Gasteiger partial charge >= 0.3 is 0 Å². The van der Waals surface area contributed by atoms with Crippen molar-refractivity contribution >= 4 is 18.0 Å². The molecule has 0 aliphatic rings. The first-order valence-electron chi connectivity index (χ1n) is 5.36. The van der Waals surface area contributed by atoms with Crippen molar-refractivity contribution in [2.45, 2.75) is 32.1 Å². The fourth-order valence-corrected chi connectivity index (χ4v) is 2.41. The van der Waals surface area contributed by atoms with Crippen LogP contribution in [0.25, 0.3) is 0 Å². The van der Waals surface area contributed by atoms with Gasteiger partial charge in [-0.05, 0) is 30.5 Å². The van der Waals surface area contributed by atoms with E-state index in [2.05, 4.69) is 20.8 Å². The fourth-order valence-electron chi connectivity index (χ4n) is 1.26. The van der Waals surface area contributed by atoms with Crippen molar-refractivity contribution in [3.8, 4) is 0 Å². The summed E-state index contributed by atoms with van der Waals surface area (Å²) < 4.78 is 0. The van der Waals surface area contributed by atoms with E-state index in [1.54, 1.807) is 0 Å². The van der Waals surface area contributed by atoms with Crippen LogP contribution in [0, 0.1) is 12.8 Å². The molecule has 0 aliphatic carbocycles. The molecule has 2 heteroatoms. The summed E-state index contributed by atoms with van der Waals surface area (Å²) in [5, 5.41) is 0. The quantitative estimate of drug-likeness (QED) is 0.554. The van der Waals surface area contributed by atoms with Gasteiger partial charge in [0.25, 0.3) is 0 Å². The lowest BCUT2D eigenvalue weighted by atomic mass is 10.1. The van der Waals surface area contributed by atoms with E-state index in [4.69, 9.17) is 0 Å². The molecule has 0 amide bonds. The Balaban J connectivity index is 2.65. The van der Waals surface area contributed by atoms with Crippen LogP contribution in [0.1, 0.15) is 36.2 Å². The van der Waals surface area contributed by atoms with Gasteiger partial charge in [0.1, 0.15) is 6.29 Å². The number of benzene rings is 1. The van der Waals surface area contributed by atoms with Gasteiger partial charge in [0.2, 0.25) is 0 Å². The Bertz CT molecular complexity index is 333. The lowest BCUT2D eigenvalue weighted by Gasteiger charge is -2.09. The predicted molar refractivity (Wildman–Crippen MR) is 66.7 cm³/mol. The molecule has 0 bridgehead atoms. The maximum Gasteiger partial charge on any atom is 0.150 e. The zero-order valence-electron chi connectivity index (χ0n) is 9.62. The Kier molecular flexibility index (Phi) is 4.89. The van der Waals surface area contributed by atoms with E-state index in [1.165, 1.54) is 16.9 Å². The van der Waals surface area contributed by atoms with Crippen molar-refractivity contribution in [1.82, 2.24) is 0 Å². The van der Waals surface area contributed by atoms with Gasteiger partial charge in [-0.15, -0.1) is 11.8 Å². The molecule has 82 valence electrons. The molecule has 1 aromatic carbocycles. The molecule has 0 N–H and O–H groups in total. The van der Waals surface area contributed by atoms with Crippen LogP contribution in [-0.4, -0.2) is 12.0 Å². The molecule has 1 unspecified atom stereocenters. The summed E-state index contributed by atoms with van der Waals surface area (Å²) in [6.45, 7) is 6.54. The van der Waals surface area contributed by atoms with Gasteiger partial charge in [-0.2, -0.15) is 0 Å². The van der Waals surface area contributed by atoms with Crippen molar-refractivity contribution in [2.24, 2.45) is 5.92 Å². The molecule has 0 fully saturated rings. The van der Waals surface area contributed by atoms with Crippen molar-refractivity contribution in [3.63, 3.8) is 0 Å². The molecular weight excluding hydrogens is 204 g/mol. The van der Waals surface area contributed by atoms with E-state index in [-0.39, 0.29) is 0 Å². The number of hydrogen-bond donors (Lipinski definition) is 0. The molecule has 0 saturated heterocycles. The molecule has 0 radical (unpaired) electrons. The summed E-state index contributed by atoms with van der Waals surface area (Å²) in [6, 6.07) is 5.89. The van der Waals surface area contributed by atoms with Gasteiger partial charge in [-0.1, -0.05) is 26.3 Å². The summed E-state index contributed by atoms with van der Waals surface area (Å²) in [5.41, 5.74) is 1.97. The van der Waals surface area contributed by atoms with Gasteiger partial charge in [-0.3, -0.25) is 4.79 Å². The lowest BCUT2D eigenvalue weighted by Crippen LogP contribution is -1.96. The highest BCUT2D eigenvalue weighted by molar-refractivity contribution is 7.99. The SMILES string of the molecule is CCC(C)CSc1ccc(C=O)cc1C. The zero-order valence-corrected chi connectivity index (χ0v) is 10.4. The Morgan fingerprint density at radius 2 is 2.20 bits per heavy atom. The Labute approximate surface area is 96.3 Å².